The molecular weight excluding hydrogens is 1330 g/mol. The lowest BCUT2D eigenvalue weighted by Crippen LogP contribution is -2.61. The molecule has 0 unspecified atom stereocenters. The Kier molecular flexibility index (Phi) is 35.2. The molecule has 3 aromatic carbocycles. The van der Waals surface area contributed by atoms with E-state index in [4.69, 9.17) is 50.6 Å². The highest BCUT2D eigenvalue weighted by Gasteiger charge is 2.41. The zero-order valence-corrected chi connectivity index (χ0v) is 59.0. The third-order valence-corrected chi connectivity index (χ3v) is 17.4. The summed E-state index contributed by atoms with van der Waals surface area (Å²) in [6, 6.07) is 11.5. The molecule has 25 N–H and O–H groups in total. The van der Waals surface area contributed by atoms with Crippen molar-refractivity contribution in [1.82, 2.24) is 52.8 Å². The number of ether oxygens (including phenoxy) is 1. The van der Waals surface area contributed by atoms with Crippen LogP contribution in [0.1, 0.15) is 121 Å². The summed E-state index contributed by atoms with van der Waals surface area (Å²) >= 11 is 0. The number of hydrogen-bond donors (Lipinski definition) is 17. The first-order valence-corrected chi connectivity index (χ1v) is 34.9. The van der Waals surface area contributed by atoms with Crippen molar-refractivity contribution in [3.8, 4) is 5.75 Å². The van der Waals surface area contributed by atoms with Gasteiger partial charge in [0, 0.05) is 52.4 Å². The Morgan fingerprint density at radius 2 is 1.15 bits per heavy atom. The average Bonchev–Trinajstić information content (AvgIpc) is 1.77. The van der Waals surface area contributed by atoms with Gasteiger partial charge in [0.1, 0.15) is 72.8 Å². The second-order valence-corrected chi connectivity index (χ2v) is 25.5. The summed E-state index contributed by atoms with van der Waals surface area (Å²) in [6.45, 7) is 5.29. The third-order valence-electron chi connectivity index (χ3n) is 17.4. The Bertz CT molecular complexity index is 3420. The van der Waals surface area contributed by atoms with E-state index in [2.05, 4.69) is 62.8 Å². The van der Waals surface area contributed by atoms with Crippen LogP contribution in [0.2, 0.25) is 0 Å². The number of likely N-dealkylation sites (tertiary alicyclic amines) is 1. The third kappa shape index (κ3) is 29.3. The number of benzene rings is 3. The standard InChI is InChI=1S/C70H105N21O12/c1-4-42(2)57(66(101)87-52(27-17-36-81-70(77)78)67(102)91-37-18-28-56(91)65(100)83-48(58(72)93)23-11-13-33-71)90-61(96)51(26-16-35-80-69(75)76)85-59(94)49-24-12-14-38-103-47-31-29-46(30-32-47)41-55(63(98)86-50(60(95)84-49)25-15-34-79-68(73)74)89-64(99)54(40-45-21-9-6-10-22-45)88-62(97)53(82-43(3)92)39-44-19-7-5-8-20-44/h5-10,12,14,19-22,29-32,42,48-57H,4,11,13,15-18,23-28,33-41,71H2,1-3H3,(H2,72,93)(H,82,92)(H,83,100)(H,84,95)(H,85,94)(H,86,98)(H,87,101)(H,88,97)(H,89,99)(H,90,96)(H4,73,74,79)(H4,75,76,80)(H4,77,78,81)/b14-12+/t42-,48-,49-,50-,51-,52-,53-,54-,55-,56-,57-/m0/s1. The van der Waals surface area contributed by atoms with Gasteiger partial charge in [0.25, 0.3) is 0 Å². The number of primary amides is 1. The molecule has 0 aromatic heterocycles. The molecule has 0 aliphatic carbocycles. The van der Waals surface area contributed by atoms with Gasteiger partial charge in [0.2, 0.25) is 65.0 Å². The lowest BCUT2D eigenvalue weighted by Gasteiger charge is -2.32. The van der Waals surface area contributed by atoms with Crippen LogP contribution >= 0.6 is 0 Å². The van der Waals surface area contributed by atoms with Crippen LogP contribution in [0.3, 0.4) is 0 Å². The number of nitrogens with two attached hydrogens (primary N) is 8. The van der Waals surface area contributed by atoms with Gasteiger partial charge in [0.15, 0.2) is 17.9 Å². The van der Waals surface area contributed by atoms with Crippen LogP contribution in [0.25, 0.3) is 0 Å². The summed E-state index contributed by atoms with van der Waals surface area (Å²) in [4.78, 5) is 171. The minimum atomic E-state index is -1.49. The summed E-state index contributed by atoms with van der Waals surface area (Å²) in [6.07, 6.45) is 5.28. The van der Waals surface area contributed by atoms with Crippen LogP contribution in [0.5, 0.6) is 5.75 Å². The Morgan fingerprint density at radius 1 is 0.592 bits per heavy atom. The van der Waals surface area contributed by atoms with Crippen molar-refractivity contribution in [3.05, 3.63) is 114 Å². The Hall–Kier alpha value is -10.9. The molecule has 33 heteroatoms. The number of carbonyl (C=O) groups excluding carboxylic acids is 11. The van der Waals surface area contributed by atoms with Crippen LogP contribution in [-0.4, -0.2) is 188 Å². The number of hydrogen-bond acceptors (Lipinski definition) is 16. The molecule has 562 valence electrons. The zero-order valence-electron chi connectivity index (χ0n) is 59.0. The van der Waals surface area contributed by atoms with Crippen molar-refractivity contribution >= 4 is 82.9 Å². The number of unbranched alkanes of at least 4 members (excludes halogenated alkanes) is 1. The molecule has 0 radical (unpaired) electrons. The van der Waals surface area contributed by atoms with E-state index >= 15 is 4.79 Å². The topological polar surface area (TPSA) is 554 Å². The quantitative estimate of drug-likeness (QED) is 0.0120. The van der Waals surface area contributed by atoms with Gasteiger partial charge in [-0.2, -0.15) is 0 Å². The molecule has 33 nitrogen and oxygen atoms in total. The Balaban J connectivity index is 1.47. The van der Waals surface area contributed by atoms with Gasteiger partial charge in [-0.05, 0) is 118 Å². The molecule has 11 amide bonds. The second-order valence-electron chi connectivity index (χ2n) is 25.5. The van der Waals surface area contributed by atoms with Crippen molar-refractivity contribution in [3.63, 3.8) is 0 Å². The monoisotopic (exact) mass is 1430 g/mol. The molecule has 3 aromatic rings. The van der Waals surface area contributed by atoms with E-state index in [1.807, 2.05) is 6.07 Å². The van der Waals surface area contributed by atoms with Crippen molar-refractivity contribution in [2.45, 2.75) is 184 Å². The fourth-order valence-corrected chi connectivity index (χ4v) is 11.6. The molecule has 1 fully saturated rings. The van der Waals surface area contributed by atoms with E-state index in [-0.39, 0.29) is 128 Å². The predicted molar refractivity (Wildman–Crippen MR) is 389 cm³/mol. The molecule has 6 rings (SSSR count). The molecule has 3 heterocycles. The zero-order chi connectivity index (χ0) is 75.4. The van der Waals surface area contributed by atoms with Crippen LogP contribution in [0.4, 0.5) is 0 Å². The van der Waals surface area contributed by atoms with Crippen LogP contribution in [-0.2, 0) is 72.0 Å². The molecular formula is C70H105N21O12. The van der Waals surface area contributed by atoms with Crippen molar-refractivity contribution in [2.24, 2.45) is 66.8 Å². The van der Waals surface area contributed by atoms with Crippen molar-refractivity contribution in [2.75, 3.05) is 39.3 Å². The molecule has 1 saturated heterocycles. The first-order valence-electron chi connectivity index (χ1n) is 34.9. The maximum absolute atomic E-state index is 15.0. The van der Waals surface area contributed by atoms with Gasteiger partial charge in [-0.25, -0.2) is 0 Å². The summed E-state index contributed by atoms with van der Waals surface area (Å²) in [5.74, 6) is -9.08. The number of nitrogens with one attached hydrogen (secondary N) is 9. The van der Waals surface area contributed by atoms with E-state index in [1.165, 1.54) is 11.8 Å². The number of aliphatic imine (C=N–C) groups is 3. The number of amides is 11. The minimum absolute atomic E-state index is 0.00173. The highest BCUT2D eigenvalue weighted by Crippen LogP contribution is 2.22. The molecule has 0 saturated carbocycles. The Morgan fingerprint density at radius 3 is 1.72 bits per heavy atom. The number of carbonyl (C=O) groups is 11. The highest BCUT2D eigenvalue weighted by atomic mass is 16.5. The lowest BCUT2D eigenvalue weighted by atomic mass is 9.96. The Labute approximate surface area is 600 Å². The normalized spacial score (nSPS) is 18.4. The van der Waals surface area contributed by atoms with Crippen molar-refractivity contribution in [1.29, 1.82) is 0 Å². The van der Waals surface area contributed by atoms with Gasteiger partial charge in [-0.1, -0.05) is 105 Å². The molecule has 3 aliphatic heterocycles. The number of rotatable bonds is 37. The van der Waals surface area contributed by atoms with Gasteiger partial charge in [-0.3, -0.25) is 67.7 Å². The number of nitrogens with zero attached hydrogens (tertiary/aromatic N) is 4. The minimum Gasteiger partial charge on any atom is -0.490 e. The number of fused-ring (bicyclic) bond motifs is 13. The molecule has 2 bridgehead atoms. The fourth-order valence-electron chi connectivity index (χ4n) is 11.6. The second kappa shape index (κ2) is 43.7. The summed E-state index contributed by atoms with van der Waals surface area (Å²) < 4.78 is 6.00. The smallest absolute Gasteiger partial charge is 0.245 e. The maximum Gasteiger partial charge on any atom is 0.245 e. The first-order chi connectivity index (χ1) is 49.3. The van der Waals surface area contributed by atoms with Gasteiger partial charge in [-0.15, -0.1) is 0 Å². The average molecular weight is 1430 g/mol. The molecule has 0 spiro atoms. The van der Waals surface area contributed by atoms with E-state index in [0.717, 1.165) is 5.56 Å². The van der Waals surface area contributed by atoms with E-state index in [9.17, 15) is 47.9 Å². The summed E-state index contributed by atoms with van der Waals surface area (Å²) in [5, 5.41) is 24.9. The largest absolute Gasteiger partial charge is 0.490 e. The summed E-state index contributed by atoms with van der Waals surface area (Å²) in [5.41, 5.74) is 47.1. The number of guanidine groups is 3. The molecule has 103 heavy (non-hydrogen) atoms. The molecule has 3 aliphatic rings. The SMILES string of the molecule is CC[C@H](C)[C@H](NC(=O)[C@H](CCCN=C(N)N)NC(=O)[C@@H]1C/C=C/COc2ccc(cc2)C[C@H](NC(=O)[C@H](Cc2ccccc2)NC(=O)[C@H](Cc2ccccc2)NC(C)=O)C(=O)N[C@@H](CCCN=C(N)N)C(=O)N1)C(=O)N[C@@H](CCCN=C(N)N)C(=O)N1CCC[C@H]1C(=O)N[C@@H](CCCCN)C(N)=O. The highest BCUT2D eigenvalue weighted by molar-refractivity contribution is 5.99. The van der Waals surface area contributed by atoms with Crippen LogP contribution in [0.15, 0.2) is 112 Å². The van der Waals surface area contributed by atoms with Crippen molar-refractivity contribution < 1.29 is 57.5 Å². The van der Waals surface area contributed by atoms with Crippen LogP contribution in [0, 0.1) is 5.92 Å². The predicted octanol–water partition coefficient (Wildman–Crippen LogP) is -2.75. The maximum atomic E-state index is 15.0. The van der Waals surface area contributed by atoms with Gasteiger partial charge < -0.3 is 103 Å². The fraction of sp³-hybridized carbons (Fsp3) is 0.514. The van der Waals surface area contributed by atoms with E-state index in [1.54, 1.807) is 105 Å². The van der Waals surface area contributed by atoms with E-state index < -0.39 is 131 Å². The van der Waals surface area contributed by atoms with E-state index in [0.29, 0.717) is 49.1 Å². The van der Waals surface area contributed by atoms with Gasteiger partial charge >= 0.3 is 0 Å². The van der Waals surface area contributed by atoms with Gasteiger partial charge in [0.05, 0.1) is 0 Å². The molecule has 11 atom stereocenters. The van der Waals surface area contributed by atoms with Crippen LogP contribution < -0.4 is 98.5 Å². The first kappa shape index (κ1) is 82.8. The lowest BCUT2D eigenvalue weighted by molar-refractivity contribution is -0.142. The summed E-state index contributed by atoms with van der Waals surface area (Å²) in [7, 11) is 0.